The second kappa shape index (κ2) is 5.91. The van der Waals surface area contributed by atoms with Gasteiger partial charge in [0.05, 0.1) is 12.4 Å². The summed E-state index contributed by atoms with van der Waals surface area (Å²) < 4.78 is 12.6. The number of likely N-dealkylation sites (tertiary alicyclic amines) is 1. The Morgan fingerprint density at radius 1 is 1.29 bits per heavy atom. The summed E-state index contributed by atoms with van der Waals surface area (Å²) in [6, 6.07) is 0.276. The molecule has 17 heavy (non-hydrogen) atoms. The molecule has 0 radical (unpaired) electrons. The number of rotatable bonds is 4. The van der Waals surface area contributed by atoms with Crippen LogP contribution in [0, 0.1) is 5.82 Å². The highest BCUT2D eigenvalue weighted by molar-refractivity contribution is 5.24. The van der Waals surface area contributed by atoms with Crippen molar-refractivity contribution in [1.82, 2.24) is 14.9 Å². The fourth-order valence-electron chi connectivity index (χ4n) is 2.18. The summed E-state index contributed by atoms with van der Waals surface area (Å²) >= 11 is 0. The minimum Gasteiger partial charge on any atom is -0.350 e. The van der Waals surface area contributed by atoms with Crippen molar-refractivity contribution in [1.29, 1.82) is 0 Å². The molecule has 0 aromatic carbocycles. The van der Waals surface area contributed by atoms with E-state index < -0.39 is 5.82 Å². The van der Waals surface area contributed by atoms with E-state index in [1.165, 1.54) is 44.7 Å². The predicted molar refractivity (Wildman–Crippen MR) is 65.4 cm³/mol. The first kappa shape index (κ1) is 12.2. The molecule has 0 aliphatic carbocycles. The second-order valence-corrected chi connectivity index (χ2v) is 4.63. The van der Waals surface area contributed by atoms with Crippen molar-refractivity contribution in [3.63, 3.8) is 0 Å². The maximum Gasteiger partial charge on any atom is 0.223 e. The normalized spacial score (nSPS) is 18.9. The van der Waals surface area contributed by atoms with Crippen molar-refractivity contribution in [3.8, 4) is 0 Å². The molecule has 1 unspecified atom stereocenters. The van der Waals surface area contributed by atoms with Gasteiger partial charge in [0.25, 0.3) is 0 Å². The number of halogens is 1. The van der Waals surface area contributed by atoms with Gasteiger partial charge in [0.2, 0.25) is 5.95 Å². The van der Waals surface area contributed by atoms with Gasteiger partial charge < -0.3 is 10.2 Å². The Labute approximate surface area is 101 Å². The van der Waals surface area contributed by atoms with Crippen LogP contribution < -0.4 is 5.32 Å². The molecule has 0 bridgehead atoms. The molecule has 1 aliphatic rings. The molecule has 0 spiro atoms. The van der Waals surface area contributed by atoms with Crippen LogP contribution in [0.15, 0.2) is 12.4 Å². The fourth-order valence-corrected chi connectivity index (χ4v) is 2.18. The lowest BCUT2D eigenvalue weighted by Gasteiger charge is -2.29. The third kappa shape index (κ3) is 3.93. The van der Waals surface area contributed by atoms with E-state index >= 15 is 0 Å². The molecular weight excluding hydrogens is 219 g/mol. The van der Waals surface area contributed by atoms with E-state index in [9.17, 15) is 4.39 Å². The van der Waals surface area contributed by atoms with E-state index in [4.69, 9.17) is 0 Å². The zero-order chi connectivity index (χ0) is 12.1. The number of hydrogen-bond acceptors (Lipinski definition) is 4. The van der Waals surface area contributed by atoms with Crippen LogP contribution in [0.1, 0.15) is 26.2 Å². The molecule has 1 saturated heterocycles. The van der Waals surface area contributed by atoms with E-state index in [2.05, 4.69) is 27.1 Å². The molecule has 2 rings (SSSR count). The van der Waals surface area contributed by atoms with Gasteiger partial charge in [0.15, 0.2) is 5.82 Å². The number of hydrogen-bond donors (Lipinski definition) is 1. The van der Waals surface area contributed by atoms with Gasteiger partial charge in [-0.25, -0.2) is 14.4 Å². The van der Waals surface area contributed by atoms with Crippen molar-refractivity contribution in [2.24, 2.45) is 0 Å². The third-order valence-corrected chi connectivity index (χ3v) is 2.98. The first-order chi connectivity index (χ1) is 8.24. The highest BCUT2D eigenvalue weighted by atomic mass is 19.1. The number of aromatic nitrogens is 2. The van der Waals surface area contributed by atoms with E-state index in [1.807, 2.05) is 0 Å². The smallest absolute Gasteiger partial charge is 0.223 e. The summed E-state index contributed by atoms with van der Waals surface area (Å²) in [6.45, 7) is 5.44. The summed E-state index contributed by atoms with van der Waals surface area (Å²) in [6.07, 6.45) is 6.30. The molecule has 0 saturated carbocycles. The van der Waals surface area contributed by atoms with Crippen molar-refractivity contribution < 1.29 is 4.39 Å². The quantitative estimate of drug-likeness (QED) is 0.870. The summed E-state index contributed by atoms with van der Waals surface area (Å²) in [5.41, 5.74) is 0. The van der Waals surface area contributed by atoms with Gasteiger partial charge in [0.1, 0.15) is 0 Å². The number of piperidine rings is 1. The lowest BCUT2D eigenvalue weighted by atomic mass is 10.1. The van der Waals surface area contributed by atoms with Gasteiger partial charge in [-0.05, 0) is 32.9 Å². The Hall–Kier alpha value is -1.23. The Balaban J connectivity index is 1.79. The number of anilines is 1. The van der Waals surface area contributed by atoms with E-state index in [0.717, 1.165) is 6.54 Å². The molecule has 1 aromatic heterocycles. The monoisotopic (exact) mass is 238 g/mol. The largest absolute Gasteiger partial charge is 0.350 e. The van der Waals surface area contributed by atoms with Crippen molar-refractivity contribution in [2.75, 3.05) is 25.0 Å². The highest BCUT2D eigenvalue weighted by Gasteiger charge is 2.13. The first-order valence-electron chi connectivity index (χ1n) is 6.20. The minimum absolute atomic E-state index is 0.276. The SMILES string of the molecule is CC(CN1CCCCC1)Nc1ncc(F)cn1. The first-order valence-corrected chi connectivity index (χ1v) is 6.20. The Kier molecular flexibility index (Phi) is 4.25. The van der Waals surface area contributed by atoms with E-state index in [0.29, 0.717) is 5.95 Å². The van der Waals surface area contributed by atoms with Gasteiger partial charge in [-0.2, -0.15) is 0 Å². The zero-order valence-corrected chi connectivity index (χ0v) is 10.2. The topological polar surface area (TPSA) is 41.0 Å². The molecule has 1 N–H and O–H groups in total. The van der Waals surface area contributed by atoms with Crippen LogP contribution in [0.4, 0.5) is 10.3 Å². The average Bonchev–Trinajstić information content (AvgIpc) is 2.33. The fraction of sp³-hybridized carbons (Fsp3) is 0.667. The molecule has 94 valence electrons. The predicted octanol–water partition coefficient (Wildman–Crippen LogP) is 1.90. The maximum atomic E-state index is 12.6. The van der Waals surface area contributed by atoms with Crippen LogP contribution in [0.3, 0.4) is 0 Å². The summed E-state index contributed by atoms with van der Waals surface area (Å²) in [5.74, 6) is 0.0927. The number of nitrogens with one attached hydrogen (secondary N) is 1. The Morgan fingerprint density at radius 3 is 2.59 bits per heavy atom. The second-order valence-electron chi connectivity index (χ2n) is 4.63. The molecule has 1 atom stereocenters. The van der Waals surface area contributed by atoms with Crippen LogP contribution in [0.25, 0.3) is 0 Å². The standard InChI is InChI=1S/C12H19FN4/c1-10(9-17-5-3-2-4-6-17)16-12-14-7-11(13)8-15-12/h7-8,10H,2-6,9H2,1H3,(H,14,15,16). The van der Waals surface area contributed by atoms with Crippen LogP contribution >= 0.6 is 0 Å². The van der Waals surface area contributed by atoms with Crippen molar-refractivity contribution in [2.45, 2.75) is 32.2 Å². The molecular formula is C12H19FN4. The number of nitrogens with zero attached hydrogens (tertiary/aromatic N) is 3. The maximum absolute atomic E-state index is 12.6. The van der Waals surface area contributed by atoms with Crippen LogP contribution in [-0.2, 0) is 0 Å². The summed E-state index contributed by atoms with van der Waals surface area (Å²) in [5, 5.41) is 3.19. The third-order valence-electron chi connectivity index (χ3n) is 2.98. The molecule has 4 nitrogen and oxygen atoms in total. The minimum atomic E-state index is -0.403. The van der Waals surface area contributed by atoms with Crippen LogP contribution in [0.2, 0.25) is 0 Å². The Bertz CT molecular complexity index is 335. The lowest BCUT2D eigenvalue weighted by molar-refractivity contribution is 0.223. The van der Waals surface area contributed by atoms with Crippen molar-refractivity contribution in [3.05, 3.63) is 18.2 Å². The zero-order valence-electron chi connectivity index (χ0n) is 10.2. The van der Waals surface area contributed by atoms with E-state index in [1.54, 1.807) is 0 Å². The molecule has 0 amide bonds. The van der Waals surface area contributed by atoms with Gasteiger partial charge in [-0.3, -0.25) is 0 Å². The van der Waals surface area contributed by atoms with E-state index in [-0.39, 0.29) is 6.04 Å². The molecule has 5 heteroatoms. The summed E-state index contributed by atoms with van der Waals surface area (Å²) in [7, 11) is 0. The van der Waals surface area contributed by atoms with Gasteiger partial charge in [0, 0.05) is 12.6 Å². The van der Waals surface area contributed by atoms with Crippen molar-refractivity contribution >= 4 is 5.95 Å². The molecule has 2 heterocycles. The highest BCUT2D eigenvalue weighted by Crippen LogP contribution is 2.10. The molecule has 1 aromatic rings. The molecule has 1 aliphatic heterocycles. The van der Waals surface area contributed by atoms with Crippen LogP contribution in [0.5, 0.6) is 0 Å². The van der Waals surface area contributed by atoms with Gasteiger partial charge in [-0.1, -0.05) is 6.42 Å². The molecule has 1 fully saturated rings. The summed E-state index contributed by atoms with van der Waals surface area (Å²) in [4.78, 5) is 10.2. The lowest BCUT2D eigenvalue weighted by Crippen LogP contribution is -2.38. The average molecular weight is 238 g/mol. The van der Waals surface area contributed by atoms with Gasteiger partial charge in [-0.15, -0.1) is 0 Å². The van der Waals surface area contributed by atoms with Crippen LogP contribution in [-0.4, -0.2) is 40.5 Å². The van der Waals surface area contributed by atoms with Gasteiger partial charge >= 0.3 is 0 Å². The Morgan fingerprint density at radius 2 is 1.94 bits per heavy atom.